The number of allylic oxidation sites excluding steroid dienone is 2. The zero-order chi connectivity index (χ0) is 23.4. The molecular formula is C25H21N3O4. The third-order valence-electron chi connectivity index (χ3n) is 5.04. The smallest absolute Gasteiger partial charge is 0.335 e. The number of hydrogen-bond donors (Lipinski definition) is 1. The van der Waals surface area contributed by atoms with Gasteiger partial charge in [-0.1, -0.05) is 30.4 Å². The Kier molecular flexibility index (Phi) is 6.36. The summed E-state index contributed by atoms with van der Waals surface area (Å²) in [5.41, 5.74) is 2.60. The van der Waals surface area contributed by atoms with E-state index in [1.54, 1.807) is 19.1 Å². The Morgan fingerprint density at radius 2 is 1.66 bits per heavy atom. The van der Waals surface area contributed by atoms with Gasteiger partial charge in [-0.15, -0.1) is 0 Å². The second-order valence-electron chi connectivity index (χ2n) is 7.31. The molecule has 0 unspecified atom stereocenters. The average Bonchev–Trinajstić information content (AvgIpc) is 2.77. The lowest BCUT2D eigenvalue weighted by Gasteiger charge is -2.27. The molecule has 3 rings (SSSR count). The minimum absolute atomic E-state index is 0.0294. The molecule has 2 aromatic carbocycles. The first-order chi connectivity index (χ1) is 15.2. The van der Waals surface area contributed by atoms with Crippen LogP contribution in [0.2, 0.25) is 0 Å². The summed E-state index contributed by atoms with van der Waals surface area (Å²) in [6.07, 6.45) is 5.10. The molecular weight excluding hydrogens is 406 g/mol. The second kappa shape index (κ2) is 9.14. The topological polar surface area (TPSA) is 82.3 Å². The molecule has 2 amide bonds. The molecule has 0 saturated carbocycles. The van der Waals surface area contributed by atoms with Crippen LogP contribution >= 0.6 is 0 Å². The molecule has 7 nitrogen and oxygen atoms in total. The van der Waals surface area contributed by atoms with E-state index in [1.807, 2.05) is 49.3 Å². The lowest BCUT2D eigenvalue weighted by atomic mass is 9.97. The molecule has 1 aliphatic rings. The largest absolute Gasteiger partial charge is 0.478 e. The Morgan fingerprint density at radius 3 is 2.19 bits per heavy atom. The highest BCUT2D eigenvalue weighted by Gasteiger charge is 2.36. The summed E-state index contributed by atoms with van der Waals surface area (Å²) in [5.74, 6) is -2.42. The SMILES string of the molecule is [C-]#[N+]C1=C(C)/C(=C\C=C\c2ccc(N(C)C)cc2)C(=O)N(c2ccc(C(=O)O)cc2)C1=O. The Morgan fingerprint density at radius 1 is 1.03 bits per heavy atom. The van der Waals surface area contributed by atoms with Gasteiger partial charge < -0.3 is 10.0 Å². The van der Waals surface area contributed by atoms with Crippen LogP contribution in [0.5, 0.6) is 0 Å². The quantitative estimate of drug-likeness (QED) is 0.440. The van der Waals surface area contributed by atoms with Crippen LogP contribution in [-0.2, 0) is 9.59 Å². The highest BCUT2D eigenvalue weighted by Crippen LogP contribution is 2.30. The Balaban J connectivity index is 1.96. The number of carbonyl (C=O) groups excluding carboxylic acids is 2. The van der Waals surface area contributed by atoms with E-state index in [0.29, 0.717) is 5.57 Å². The van der Waals surface area contributed by atoms with Gasteiger partial charge in [-0.25, -0.2) is 9.64 Å². The maximum Gasteiger partial charge on any atom is 0.335 e. The van der Waals surface area contributed by atoms with E-state index in [-0.39, 0.29) is 22.5 Å². The minimum Gasteiger partial charge on any atom is -0.478 e. The van der Waals surface area contributed by atoms with Crippen LogP contribution in [-0.4, -0.2) is 37.0 Å². The monoisotopic (exact) mass is 427 g/mol. The summed E-state index contributed by atoms with van der Waals surface area (Å²) < 4.78 is 0. The molecule has 0 atom stereocenters. The number of carboxylic acids is 1. The predicted octanol–water partition coefficient (Wildman–Crippen LogP) is 4.16. The van der Waals surface area contributed by atoms with Crippen LogP contribution in [0, 0.1) is 6.57 Å². The fraction of sp³-hybridized carbons (Fsp3) is 0.120. The minimum atomic E-state index is -1.12. The Hall–Kier alpha value is -4.44. The third-order valence-corrected chi connectivity index (χ3v) is 5.04. The van der Waals surface area contributed by atoms with Crippen LogP contribution in [0.15, 0.2) is 77.5 Å². The van der Waals surface area contributed by atoms with Crippen molar-refractivity contribution in [2.45, 2.75) is 6.92 Å². The van der Waals surface area contributed by atoms with E-state index in [4.69, 9.17) is 11.7 Å². The van der Waals surface area contributed by atoms with Gasteiger partial charge in [0.2, 0.25) is 0 Å². The molecule has 0 aromatic heterocycles. The normalized spacial score (nSPS) is 15.4. The summed E-state index contributed by atoms with van der Waals surface area (Å²) in [6.45, 7) is 8.97. The number of benzene rings is 2. The number of aromatic carboxylic acids is 1. The van der Waals surface area contributed by atoms with Gasteiger partial charge in [0, 0.05) is 25.4 Å². The van der Waals surface area contributed by atoms with Crippen LogP contribution in [0.4, 0.5) is 11.4 Å². The molecule has 1 N–H and O–H groups in total. The van der Waals surface area contributed by atoms with Crippen LogP contribution in [0.25, 0.3) is 10.9 Å². The summed E-state index contributed by atoms with van der Waals surface area (Å²) >= 11 is 0. The number of carbonyl (C=O) groups is 3. The zero-order valence-electron chi connectivity index (χ0n) is 17.9. The first-order valence-corrected chi connectivity index (χ1v) is 9.71. The lowest BCUT2D eigenvalue weighted by molar-refractivity contribution is -0.123. The fourth-order valence-corrected chi connectivity index (χ4v) is 3.22. The molecule has 1 aliphatic heterocycles. The fourth-order valence-electron chi connectivity index (χ4n) is 3.22. The van der Waals surface area contributed by atoms with Crippen molar-refractivity contribution in [2.75, 3.05) is 23.9 Å². The highest BCUT2D eigenvalue weighted by atomic mass is 16.4. The maximum absolute atomic E-state index is 13.1. The van der Waals surface area contributed by atoms with Gasteiger partial charge in [0.15, 0.2) is 0 Å². The number of nitrogens with zero attached hydrogens (tertiary/aromatic N) is 3. The Labute approximate surface area is 186 Å². The number of imide groups is 1. The molecule has 0 saturated heterocycles. The van der Waals surface area contributed by atoms with Crippen molar-refractivity contribution in [3.05, 3.63) is 100 Å². The number of amides is 2. The van der Waals surface area contributed by atoms with Crippen molar-refractivity contribution >= 4 is 35.2 Å². The van der Waals surface area contributed by atoms with Crippen molar-refractivity contribution in [1.82, 2.24) is 0 Å². The van der Waals surface area contributed by atoms with Gasteiger partial charge in [0.05, 0.1) is 17.8 Å². The molecule has 7 heteroatoms. The van der Waals surface area contributed by atoms with E-state index in [9.17, 15) is 14.4 Å². The van der Waals surface area contributed by atoms with Crippen molar-refractivity contribution in [1.29, 1.82) is 0 Å². The summed E-state index contributed by atoms with van der Waals surface area (Å²) in [6, 6.07) is 13.2. The van der Waals surface area contributed by atoms with Crippen molar-refractivity contribution < 1.29 is 19.5 Å². The average molecular weight is 427 g/mol. The molecule has 160 valence electrons. The highest BCUT2D eigenvalue weighted by molar-refractivity contribution is 6.30. The van der Waals surface area contributed by atoms with Gasteiger partial charge in [0.1, 0.15) is 0 Å². The first kappa shape index (κ1) is 22.2. The van der Waals surface area contributed by atoms with E-state index in [0.717, 1.165) is 16.2 Å². The van der Waals surface area contributed by atoms with E-state index < -0.39 is 17.8 Å². The number of hydrogen-bond acceptors (Lipinski definition) is 4. The number of rotatable bonds is 5. The summed E-state index contributed by atoms with van der Waals surface area (Å²) in [7, 11) is 3.91. The van der Waals surface area contributed by atoms with Gasteiger partial charge in [0.25, 0.3) is 17.5 Å². The van der Waals surface area contributed by atoms with Crippen LogP contribution < -0.4 is 9.80 Å². The van der Waals surface area contributed by atoms with Gasteiger partial charge in [-0.2, -0.15) is 0 Å². The van der Waals surface area contributed by atoms with E-state index in [2.05, 4.69) is 4.85 Å². The molecule has 0 aliphatic carbocycles. The molecule has 0 spiro atoms. The lowest BCUT2D eigenvalue weighted by Crippen LogP contribution is -2.42. The molecule has 2 aromatic rings. The number of anilines is 2. The molecule has 0 radical (unpaired) electrons. The molecule has 0 fully saturated rings. The zero-order valence-corrected chi connectivity index (χ0v) is 17.9. The van der Waals surface area contributed by atoms with E-state index in [1.165, 1.54) is 24.3 Å². The summed E-state index contributed by atoms with van der Waals surface area (Å²) in [4.78, 5) is 43.2. The van der Waals surface area contributed by atoms with Crippen molar-refractivity contribution in [2.24, 2.45) is 0 Å². The van der Waals surface area contributed by atoms with Crippen LogP contribution in [0.3, 0.4) is 0 Å². The molecule has 1 heterocycles. The van der Waals surface area contributed by atoms with Crippen molar-refractivity contribution in [3.8, 4) is 0 Å². The predicted molar refractivity (Wildman–Crippen MR) is 123 cm³/mol. The van der Waals surface area contributed by atoms with Gasteiger partial charge >= 0.3 is 5.97 Å². The van der Waals surface area contributed by atoms with Gasteiger partial charge in [-0.3, -0.25) is 14.5 Å². The molecule has 32 heavy (non-hydrogen) atoms. The molecule has 0 bridgehead atoms. The van der Waals surface area contributed by atoms with Gasteiger partial charge in [-0.05, 0) is 54.5 Å². The second-order valence-corrected chi connectivity index (χ2v) is 7.31. The first-order valence-electron chi connectivity index (χ1n) is 9.71. The summed E-state index contributed by atoms with van der Waals surface area (Å²) in [5, 5.41) is 9.07. The van der Waals surface area contributed by atoms with Crippen molar-refractivity contribution in [3.63, 3.8) is 0 Å². The van der Waals surface area contributed by atoms with E-state index >= 15 is 0 Å². The standard InChI is InChI=1S/C25H21N3O4/c1-16-21(7-5-6-17-8-12-19(13-9-17)27(3)4)23(29)28(24(30)22(16)26-2)20-14-10-18(11-15-20)25(31)32/h5-15H,1,3-4H3,(H,31,32)/b6-5+,21-7+. The third kappa shape index (κ3) is 4.35. The maximum atomic E-state index is 13.1. The van der Waals surface area contributed by atoms with Crippen LogP contribution in [0.1, 0.15) is 22.8 Å². The number of carboxylic acid groups (broad SMARTS) is 1. The Bertz CT molecular complexity index is 1210.